The molecule has 1 amide bonds. The first kappa shape index (κ1) is 14.4. The van der Waals surface area contributed by atoms with Gasteiger partial charge in [0.2, 0.25) is 5.91 Å². The number of nitrogens with two attached hydrogens (primary N) is 1. The van der Waals surface area contributed by atoms with E-state index in [4.69, 9.17) is 10.5 Å². The molecule has 0 saturated carbocycles. The fraction of sp³-hybridized carbons (Fsp3) is 0.909. The Kier molecular flexibility index (Phi) is 9.52. The van der Waals surface area contributed by atoms with Crippen molar-refractivity contribution < 1.29 is 9.53 Å². The highest BCUT2D eigenvalue weighted by atomic mass is 16.5. The molecule has 0 aliphatic heterocycles. The van der Waals surface area contributed by atoms with E-state index in [1.54, 1.807) is 7.11 Å². The third-order valence-electron chi connectivity index (χ3n) is 2.26. The summed E-state index contributed by atoms with van der Waals surface area (Å²) in [6.45, 7) is 3.54. The number of ether oxygens (including phenoxy) is 1. The first-order valence-electron chi connectivity index (χ1n) is 5.74. The van der Waals surface area contributed by atoms with E-state index in [9.17, 15) is 4.79 Å². The highest BCUT2D eigenvalue weighted by Crippen LogP contribution is 1.96. The standard InChI is InChI=1S/C11H24N2O2/c1-3-7-10(12)11(14)13-8-5-4-6-9-15-2/h10H,3-9,12H2,1-2H3,(H,13,14). The summed E-state index contributed by atoms with van der Waals surface area (Å²) in [7, 11) is 1.70. The normalized spacial score (nSPS) is 12.5. The van der Waals surface area contributed by atoms with Gasteiger partial charge in [0.25, 0.3) is 0 Å². The molecule has 0 spiro atoms. The third-order valence-corrected chi connectivity index (χ3v) is 2.26. The Morgan fingerprint density at radius 2 is 2.13 bits per heavy atom. The first-order chi connectivity index (χ1) is 7.22. The maximum Gasteiger partial charge on any atom is 0.236 e. The van der Waals surface area contributed by atoms with Crippen molar-refractivity contribution in [2.75, 3.05) is 20.3 Å². The lowest BCUT2D eigenvalue weighted by atomic mass is 10.1. The van der Waals surface area contributed by atoms with Crippen LogP contribution in [-0.4, -0.2) is 32.2 Å². The molecule has 0 aromatic carbocycles. The Morgan fingerprint density at radius 1 is 1.40 bits per heavy atom. The summed E-state index contributed by atoms with van der Waals surface area (Å²) in [6, 6.07) is -0.339. The van der Waals surface area contributed by atoms with Gasteiger partial charge in [-0.05, 0) is 25.7 Å². The Morgan fingerprint density at radius 3 is 2.73 bits per heavy atom. The van der Waals surface area contributed by atoms with Gasteiger partial charge in [0.15, 0.2) is 0 Å². The van der Waals surface area contributed by atoms with Gasteiger partial charge in [-0.2, -0.15) is 0 Å². The second-order valence-electron chi connectivity index (χ2n) is 3.74. The summed E-state index contributed by atoms with van der Waals surface area (Å²) >= 11 is 0. The SMILES string of the molecule is CCCC(N)C(=O)NCCCCCOC. The molecule has 0 aromatic heterocycles. The number of unbranched alkanes of at least 4 members (excludes halogenated alkanes) is 2. The van der Waals surface area contributed by atoms with E-state index >= 15 is 0 Å². The van der Waals surface area contributed by atoms with E-state index in [0.29, 0.717) is 0 Å². The second kappa shape index (κ2) is 9.93. The number of amides is 1. The van der Waals surface area contributed by atoms with Crippen LogP contribution in [0.1, 0.15) is 39.0 Å². The number of carbonyl (C=O) groups is 1. The van der Waals surface area contributed by atoms with E-state index < -0.39 is 0 Å². The van der Waals surface area contributed by atoms with Crippen molar-refractivity contribution in [2.45, 2.75) is 45.1 Å². The molecule has 0 bridgehead atoms. The largest absolute Gasteiger partial charge is 0.385 e. The molecular weight excluding hydrogens is 192 g/mol. The van der Waals surface area contributed by atoms with Crippen LogP contribution in [0.5, 0.6) is 0 Å². The summed E-state index contributed by atoms with van der Waals surface area (Å²) in [6.07, 6.45) is 4.83. The average molecular weight is 216 g/mol. The topological polar surface area (TPSA) is 64.4 Å². The zero-order valence-electron chi connectivity index (χ0n) is 9.92. The maximum absolute atomic E-state index is 11.4. The molecule has 4 heteroatoms. The number of rotatable bonds is 9. The van der Waals surface area contributed by atoms with E-state index in [-0.39, 0.29) is 11.9 Å². The molecule has 0 rings (SSSR count). The van der Waals surface area contributed by atoms with Crippen molar-refractivity contribution in [3.8, 4) is 0 Å². The minimum atomic E-state index is -0.339. The Bertz CT molecular complexity index is 163. The molecule has 15 heavy (non-hydrogen) atoms. The molecular formula is C11H24N2O2. The van der Waals surface area contributed by atoms with E-state index in [1.165, 1.54) is 0 Å². The van der Waals surface area contributed by atoms with Gasteiger partial charge in [0.1, 0.15) is 0 Å². The number of nitrogens with one attached hydrogen (secondary N) is 1. The van der Waals surface area contributed by atoms with Crippen molar-refractivity contribution in [1.29, 1.82) is 0 Å². The zero-order valence-corrected chi connectivity index (χ0v) is 9.92. The lowest BCUT2D eigenvalue weighted by molar-refractivity contribution is -0.122. The van der Waals surface area contributed by atoms with Crippen LogP contribution < -0.4 is 11.1 Å². The first-order valence-corrected chi connectivity index (χ1v) is 5.74. The van der Waals surface area contributed by atoms with Gasteiger partial charge >= 0.3 is 0 Å². The molecule has 3 N–H and O–H groups in total. The monoisotopic (exact) mass is 216 g/mol. The van der Waals surface area contributed by atoms with Gasteiger partial charge in [-0.1, -0.05) is 13.3 Å². The molecule has 0 radical (unpaired) electrons. The van der Waals surface area contributed by atoms with Gasteiger partial charge in [0, 0.05) is 20.3 Å². The van der Waals surface area contributed by atoms with Crippen LogP contribution in [0.15, 0.2) is 0 Å². The van der Waals surface area contributed by atoms with Crippen LogP contribution in [0.3, 0.4) is 0 Å². The molecule has 1 unspecified atom stereocenters. The van der Waals surface area contributed by atoms with Crippen molar-refractivity contribution >= 4 is 5.91 Å². The van der Waals surface area contributed by atoms with E-state index in [2.05, 4.69) is 5.32 Å². The summed E-state index contributed by atoms with van der Waals surface area (Å²) in [4.78, 5) is 11.4. The highest BCUT2D eigenvalue weighted by Gasteiger charge is 2.10. The molecule has 0 saturated heterocycles. The van der Waals surface area contributed by atoms with Gasteiger partial charge in [-0.3, -0.25) is 4.79 Å². The van der Waals surface area contributed by atoms with Crippen molar-refractivity contribution in [3.63, 3.8) is 0 Å². The van der Waals surface area contributed by atoms with Crippen LogP contribution in [0.25, 0.3) is 0 Å². The van der Waals surface area contributed by atoms with E-state index in [1.807, 2.05) is 6.92 Å². The summed E-state index contributed by atoms with van der Waals surface area (Å²) < 4.78 is 4.93. The Hall–Kier alpha value is -0.610. The summed E-state index contributed by atoms with van der Waals surface area (Å²) in [5.74, 6) is -0.0245. The van der Waals surface area contributed by atoms with Gasteiger partial charge < -0.3 is 15.8 Å². The average Bonchev–Trinajstić information content (AvgIpc) is 2.23. The minimum Gasteiger partial charge on any atom is -0.385 e. The minimum absolute atomic E-state index is 0.0245. The third kappa shape index (κ3) is 8.39. The molecule has 0 heterocycles. The fourth-order valence-corrected chi connectivity index (χ4v) is 1.33. The van der Waals surface area contributed by atoms with Gasteiger partial charge in [0.05, 0.1) is 6.04 Å². The van der Waals surface area contributed by atoms with Crippen molar-refractivity contribution in [1.82, 2.24) is 5.32 Å². The summed E-state index contributed by atoms with van der Waals surface area (Å²) in [5.41, 5.74) is 5.66. The Balaban J connectivity index is 3.30. The van der Waals surface area contributed by atoms with E-state index in [0.717, 1.165) is 45.3 Å². The lowest BCUT2D eigenvalue weighted by Gasteiger charge is -2.10. The molecule has 0 fully saturated rings. The predicted octanol–water partition coefficient (Wildman–Crippen LogP) is 1.05. The number of hydrogen-bond acceptors (Lipinski definition) is 3. The molecule has 4 nitrogen and oxygen atoms in total. The molecule has 0 aromatic rings. The van der Waals surface area contributed by atoms with Crippen LogP contribution in [0.2, 0.25) is 0 Å². The van der Waals surface area contributed by atoms with Crippen molar-refractivity contribution in [2.24, 2.45) is 5.73 Å². The van der Waals surface area contributed by atoms with Crippen LogP contribution in [-0.2, 0) is 9.53 Å². The highest BCUT2D eigenvalue weighted by molar-refractivity contribution is 5.81. The number of hydrogen-bond donors (Lipinski definition) is 2. The van der Waals surface area contributed by atoms with Crippen LogP contribution in [0, 0.1) is 0 Å². The van der Waals surface area contributed by atoms with Crippen LogP contribution in [0.4, 0.5) is 0 Å². The lowest BCUT2D eigenvalue weighted by Crippen LogP contribution is -2.40. The van der Waals surface area contributed by atoms with Gasteiger partial charge in [-0.15, -0.1) is 0 Å². The quantitative estimate of drug-likeness (QED) is 0.566. The number of methoxy groups -OCH3 is 1. The molecule has 0 aliphatic carbocycles. The summed E-state index contributed by atoms with van der Waals surface area (Å²) in [5, 5.41) is 2.84. The molecule has 0 aliphatic rings. The van der Waals surface area contributed by atoms with Crippen LogP contribution >= 0.6 is 0 Å². The second-order valence-corrected chi connectivity index (χ2v) is 3.74. The number of carbonyl (C=O) groups excluding carboxylic acids is 1. The molecule has 1 atom stereocenters. The van der Waals surface area contributed by atoms with Crippen molar-refractivity contribution in [3.05, 3.63) is 0 Å². The maximum atomic E-state index is 11.4. The Labute approximate surface area is 92.6 Å². The molecule has 90 valence electrons. The zero-order chi connectivity index (χ0) is 11.5. The van der Waals surface area contributed by atoms with Gasteiger partial charge in [-0.25, -0.2) is 0 Å². The smallest absolute Gasteiger partial charge is 0.236 e. The predicted molar refractivity (Wildman–Crippen MR) is 61.6 cm³/mol. The fourth-order valence-electron chi connectivity index (χ4n) is 1.33.